The fraction of sp³-hybridized carbons (Fsp3) is 0.562. The number of Topliss-reactive ketones (excluding diaryl/α,β-unsaturated/α-hetero) is 1. The molecule has 0 N–H and O–H groups in total. The molecule has 0 bridgehead atoms. The summed E-state index contributed by atoms with van der Waals surface area (Å²) in [7, 11) is 0. The smallest absolute Gasteiger partial charge is 0.163 e. The zero-order chi connectivity index (χ0) is 14.2. The maximum Gasteiger partial charge on any atom is 0.163 e. The van der Waals surface area contributed by atoms with E-state index in [9.17, 15) is 4.79 Å². The molecule has 1 aliphatic carbocycles. The van der Waals surface area contributed by atoms with Crippen LogP contribution in [0.3, 0.4) is 0 Å². The van der Waals surface area contributed by atoms with Gasteiger partial charge in [-0.15, -0.1) is 0 Å². The molecule has 1 heterocycles. The van der Waals surface area contributed by atoms with E-state index in [1.54, 1.807) is 6.92 Å². The molecule has 2 aliphatic rings. The highest BCUT2D eigenvalue weighted by Gasteiger charge is 2.43. The van der Waals surface area contributed by atoms with Crippen LogP contribution < -0.4 is 4.74 Å². The first kappa shape index (κ1) is 14.1. The average molecular weight is 339 g/mol. The number of ether oxygens (including phenoxy) is 2. The molecule has 2 fully saturated rings. The Hall–Kier alpha value is -0.870. The van der Waals surface area contributed by atoms with Crippen molar-refractivity contribution in [3.05, 3.63) is 28.2 Å². The van der Waals surface area contributed by atoms with Gasteiger partial charge in [-0.3, -0.25) is 4.79 Å². The molecular formula is C16H19BrO3. The lowest BCUT2D eigenvalue weighted by Crippen LogP contribution is -2.48. The van der Waals surface area contributed by atoms with Gasteiger partial charge in [-0.1, -0.05) is 15.9 Å². The number of halogens is 1. The van der Waals surface area contributed by atoms with Crippen LogP contribution in [0.15, 0.2) is 22.7 Å². The monoisotopic (exact) mass is 338 g/mol. The van der Waals surface area contributed by atoms with Gasteiger partial charge in [0.2, 0.25) is 0 Å². The van der Waals surface area contributed by atoms with Gasteiger partial charge < -0.3 is 9.47 Å². The van der Waals surface area contributed by atoms with Crippen LogP contribution in [0.4, 0.5) is 0 Å². The number of carbonyl (C=O) groups excluding carboxylic acids is 1. The summed E-state index contributed by atoms with van der Waals surface area (Å²) in [5, 5.41) is 0. The Morgan fingerprint density at radius 2 is 2.25 bits per heavy atom. The van der Waals surface area contributed by atoms with Crippen molar-refractivity contribution < 1.29 is 14.3 Å². The third-order valence-electron chi connectivity index (χ3n) is 4.33. The average Bonchev–Trinajstić information content (AvgIpc) is 2.39. The van der Waals surface area contributed by atoms with Crippen molar-refractivity contribution in [2.24, 2.45) is 0 Å². The molecule has 1 saturated heterocycles. The van der Waals surface area contributed by atoms with Crippen molar-refractivity contribution in [1.82, 2.24) is 0 Å². The summed E-state index contributed by atoms with van der Waals surface area (Å²) in [6.45, 7) is 2.34. The summed E-state index contributed by atoms with van der Waals surface area (Å²) in [4.78, 5) is 11.7. The number of carbonyl (C=O) groups is 1. The van der Waals surface area contributed by atoms with Crippen LogP contribution in [-0.4, -0.2) is 24.1 Å². The lowest BCUT2D eigenvalue weighted by atomic mass is 9.74. The van der Waals surface area contributed by atoms with Crippen LogP contribution in [0.5, 0.6) is 5.75 Å². The molecule has 4 heteroatoms. The zero-order valence-corrected chi connectivity index (χ0v) is 13.2. The molecule has 1 unspecified atom stereocenters. The third kappa shape index (κ3) is 2.77. The maximum atomic E-state index is 11.7. The molecule has 1 spiro atoms. The lowest BCUT2D eigenvalue weighted by Gasteiger charge is -2.47. The highest BCUT2D eigenvalue weighted by molar-refractivity contribution is 9.10. The van der Waals surface area contributed by atoms with Gasteiger partial charge in [0.25, 0.3) is 0 Å². The van der Waals surface area contributed by atoms with Crippen molar-refractivity contribution in [3.8, 4) is 5.75 Å². The van der Waals surface area contributed by atoms with Gasteiger partial charge in [-0.2, -0.15) is 0 Å². The normalized spacial score (nSPS) is 24.2. The van der Waals surface area contributed by atoms with E-state index in [4.69, 9.17) is 9.47 Å². The second-order valence-corrected chi connectivity index (χ2v) is 6.73. The Kier molecular flexibility index (Phi) is 3.87. The van der Waals surface area contributed by atoms with Gasteiger partial charge in [0.15, 0.2) is 5.78 Å². The second-order valence-electron chi connectivity index (χ2n) is 5.81. The standard InChI is InChI=1S/C16H19BrO3/c1-11(18)14-9-12(17)3-4-15(14)20-13-5-8-19-16(10-13)6-2-7-16/h3-4,9,13H,2,5-8,10H2,1H3. The summed E-state index contributed by atoms with van der Waals surface area (Å²) < 4.78 is 12.9. The van der Waals surface area contributed by atoms with Gasteiger partial charge in [-0.05, 0) is 44.4 Å². The summed E-state index contributed by atoms with van der Waals surface area (Å²) >= 11 is 3.40. The number of benzene rings is 1. The van der Waals surface area contributed by atoms with Crippen molar-refractivity contribution in [2.75, 3.05) is 6.61 Å². The molecule has 108 valence electrons. The molecule has 0 amide bonds. The molecule has 3 rings (SSSR count). The van der Waals surface area contributed by atoms with E-state index in [0.29, 0.717) is 11.3 Å². The van der Waals surface area contributed by atoms with E-state index in [2.05, 4.69) is 15.9 Å². The van der Waals surface area contributed by atoms with Gasteiger partial charge in [0.1, 0.15) is 11.9 Å². The first-order valence-corrected chi connectivity index (χ1v) is 7.98. The van der Waals surface area contributed by atoms with Gasteiger partial charge in [-0.25, -0.2) is 0 Å². The van der Waals surface area contributed by atoms with Crippen molar-refractivity contribution in [2.45, 2.75) is 50.7 Å². The van der Waals surface area contributed by atoms with Crippen LogP contribution in [0.2, 0.25) is 0 Å². The molecule has 3 nitrogen and oxygen atoms in total. The number of hydrogen-bond acceptors (Lipinski definition) is 3. The molecule has 1 aromatic carbocycles. The van der Waals surface area contributed by atoms with Gasteiger partial charge in [0.05, 0.1) is 17.8 Å². The van der Waals surface area contributed by atoms with Crippen molar-refractivity contribution >= 4 is 21.7 Å². The van der Waals surface area contributed by atoms with Crippen LogP contribution in [0.25, 0.3) is 0 Å². The fourth-order valence-electron chi connectivity index (χ4n) is 3.06. The third-order valence-corrected chi connectivity index (χ3v) is 4.82. The Balaban J connectivity index is 1.75. The molecular weight excluding hydrogens is 320 g/mol. The topological polar surface area (TPSA) is 35.5 Å². The SMILES string of the molecule is CC(=O)c1cc(Br)ccc1OC1CCOC2(CCC2)C1. The predicted molar refractivity (Wildman–Crippen MR) is 80.3 cm³/mol. The predicted octanol–water partition coefficient (Wildman–Crippen LogP) is 4.13. The summed E-state index contributed by atoms with van der Waals surface area (Å²) in [6, 6.07) is 5.63. The lowest BCUT2D eigenvalue weighted by molar-refractivity contribution is -0.153. The Bertz CT molecular complexity index is 522. The van der Waals surface area contributed by atoms with E-state index >= 15 is 0 Å². The van der Waals surface area contributed by atoms with E-state index in [-0.39, 0.29) is 17.5 Å². The number of ketones is 1. The van der Waals surface area contributed by atoms with Crippen LogP contribution in [-0.2, 0) is 4.74 Å². The fourth-order valence-corrected chi connectivity index (χ4v) is 3.42. The van der Waals surface area contributed by atoms with Crippen LogP contribution >= 0.6 is 15.9 Å². The molecule has 1 aliphatic heterocycles. The van der Waals surface area contributed by atoms with Gasteiger partial charge >= 0.3 is 0 Å². The van der Waals surface area contributed by atoms with E-state index in [0.717, 1.165) is 36.8 Å². The van der Waals surface area contributed by atoms with E-state index in [1.807, 2.05) is 18.2 Å². The molecule has 0 radical (unpaired) electrons. The minimum atomic E-state index is 0.0340. The van der Waals surface area contributed by atoms with Crippen LogP contribution in [0, 0.1) is 0 Å². The van der Waals surface area contributed by atoms with Gasteiger partial charge in [0, 0.05) is 17.3 Å². The Labute approximate surface area is 127 Å². The summed E-state index contributed by atoms with van der Waals surface area (Å²) in [5.74, 6) is 0.730. The first-order chi connectivity index (χ1) is 9.58. The first-order valence-electron chi connectivity index (χ1n) is 7.19. The summed E-state index contributed by atoms with van der Waals surface area (Å²) in [6.07, 6.45) is 5.54. The molecule has 20 heavy (non-hydrogen) atoms. The second kappa shape index (κ2) is 5.49. The molecule has 0 aromatic heterocycles. The van der Waals surface area contributed by atoms with Crippen LogP contribution in [0.1, 0.15) is 49.4 Å². The number of hydrogen-bond donors (Lipinski definition) is 0. The van der Waals surface area contributed by atoms with E-state index in [1.165, 1.54) is 6.42 Å². The minimum absolute atomic E-state index is 0.0340. The molecule has 1 atom stereocenters. The molecule has 1 saturated carbocycles. The highest BCUT2D eigenvalue weighted by Crippen LogP contribution is 2.43. The largest absolute Gasteiger partial charge is 0.489 e. The van der Waals surface area contributed by atoms with Crippen molar-refractivity contribution in [1.29, 1.82) is 0 Å². The van der Waals surface area contributed by atoms with E-state index < -0.39 is 0 Å². The quantitative estimate of drug-likeness (QED) is 0.777. The Morgan fingerprint density at radius 3 is 2.90 bits per heavy atom. The van der Waals surface area contributed by atoms with Crippen molar-refractivity contribution in [3.63, 3.8) is 0 Å². The zero-order valence-electron chi connectivity index (χ0n) is 11.7. The minimum Gasteiger partial charge on any atom is -0.489 e. The Morgan fingerprint density at radius 1 is 1.45 bits per heavy atom. The molecule has 1 aromatic rings. The summed E-state index contributed by atoms with van der Waals surface area (Å²) in [5.41, 5.74) is 0.711. The number of rotatable bonds is 3. The highest BCUT2D eigenvalue weighted by atomic mass is 79.9. The maximum absolute atomic E-state index is 11.7.